The monoisotopic (exact) mass is 291 g/mol. The number of aryl methyl sites for hydroxylation is 1. The van der Waals surface area contributed by atoms with E-state index >= 15 is 0 Å². The minimum atomic E-state index is 0.104. The van der Waals surface area contributed by atoms with Crippen LogP contribution in [0.1, 0.15) is 27.7 Å². The zero-order chi connectivity index (χ0) is 15.1. The van der Waals surface area contributed by atoms with Crippen molar-refractivity contribution in [2.24, 2.45) is 0 Å². The van der Waals surface area contributed by atoms with Gasteiger partial charge in [0.05, 0.1) is 17.0 Å². The van der Waals surface area contributed by atoms with Crippen molar-refractivity contribution in [3.8, 4) is 0 Å². The van der Waals surface area contributed by atoms with E-state index in [1.807, 2.05) is 60.4 Å². The van der Waals surface area contributed by atoms with E-state index in [9.17, 15) is 4.79 Å². The smallest absolute Gasteiger partial charge is 0.253 e. The lowest BCUT2D eigenvalue weighted by molar-refractivity contribution is 0.0596. The summed E-state index contributed by atoms with van der Waals surface area (Å²) in [5.74, 6) is 1.39. The van der Waals surface area contributed by atoms with Crippen LogP contribution in [0.4, 0.5) is 0 Å². The molecule has 1 aliphatic rings. The molecule has 0 spiro atoms. The summed E-state index contributed by atoms with van der Waals surface area (Å²) in [5.41, 5.74) is 3.97. The average Bonchev–Trinajstić information content (AvgIpc) is 2.89. The predicted octanol–water partition coefficient (Wildman–Crippen LogP) is 3.11. The third kappa shape index (κ3) is 2.17. The Morgan fingerprint density at radius 1 is 1.14 bits per heavy atom. The summed E-state index contributed by atoms with van der Waals surface area (Å²) in [4.78, 5) is 22.2. The molecule has 4 heteroatoms. The molecule has 110 valence electrons. The lowest BCUT2D eigenvalue weighted by Crippen LogP contribution is -2.48. The number of benzene rings is 2. The Balaban J connectivity index is 1.47. The minimum Gasteiger partial charge on any atom is -0.342 e. The van der Waals surface area contributed by atoms with E-state index in [2.05, 4.69) is 9.97 Å². The Morgan fingerprint density at radius 2 is 1.86 bits per heavy atom. The first kappa shape index (κ1) is 13.1. The van der Waals surface area contributed by atoms with E-state index in [0.29, 0.717) is 5.92 Å². The molecule has 1 aromatic heterocycles. The van der Waals surface area contributed by atoms with Crippen molar-refractivity contribution in [1.82, 2.24) is 14.9 Å². The third-order valence-electron chi connectivity index (χ3n) is 4.26. The van der Waals surface area contributed by atoms with Crippen molar-refractivity contribution in [2.75, 3.05) is 13.1 Å². The molecule has 0 atom stereocenters. The number of nitrogens with one attached hydrogen (secondary N) is 1. The normalized spacial score (nSPS) is 15.0. The maximum atomic E-state index is 12.4. The van der Waals surface area contributed by atoms with Crippen molar-refractivity contribution in [3.63, 3.8) is 0 Å². The molecule has 1 saturated heterocycles. The number of carbonyl (C=O) groups excluding carboxylic acids is 1. The molecule has 22 heavy (non-hydrogen) atoms. The summed E-state index contributed by atoms with van der Waals surface area (Å²) in [7, 11) is 0. The number of rotatable bonds is 2. The van der Waals surface area contributed by atoms with Gasteiger partial charge in [-0.25, -0.2) is 4.98 Å². The molecule has 4 rings (SSSR count). The molecule has 2 aromatic carbocycles. The molecule has 1 aliphatic heterocycles. The highest BCUT2D eigenvalue weighted by Crippen LogP contribution is 2.28. The fraction of sp³-hybridized carbons (Fsp3) is 0.222. The van der Waals surface area contributed by atoms with Gasteiger partial charge in [-0.05, 0) is 31.2 Å². The molecule has 1 N–H and O–H groups in total. The fourth-order valence-corrected chi connectivity index (χ4v) is 2.86. The molecule has 1 amide bonds. The molecule has 0 unspecified atom stereocenters. The van der Waals surface area contributed by atoms with E-state index < -0.39 is 0 Å². The number of likely N-dealkylation sites (tertiary alicyclic amines) is 1. The second kappa shape index (κ2) is 4.98. The molecular weight excluding hydrogens is 274 g/mol. The van der Waals surface area contributed by atoms with Gasteiger partial charge in [0.15, 0.2) is 0 Å². The maximum Gasteiger partial charge on any atom is 0.253 e. The second-order valence-corrected chi connectivity index (χ2v) is 5.91. The van der Waals surface area contributed by atoms with E-state index in [1.165, 1.54) is 5.56 Å². The van der Waals surface area contributed by atoms with Gasteiger partial charge >= 0.3 is 0 Å². The second-order valence-electron chi connectivity index (χ2n) is 5.91. The lowest BCUT2D eigenvalue weighted by Gasteiger charge is -2.38. The van der Waals surface area contributed by atoms with Gasteiger partial charge in [0.2, 0.25) is 0 Å². The summed E-state index contributed by atoms with van der Waals surface area (Å²) < 4.78 is 0. The van der Waals surface area contributed by atoms with Gasteiger partial charge in [0, 0.05) is 18.7 Å². The van der Waals surface area contributed by atoms with Crippen molar-refractivity contribution in [2.45, 2.75) is 12.8 Å². The Bertz CT molecular complexity index is 796. The Kier molecular flexibility index (Phi) is 2.96. The molecule has 4 nitrogen and oxygen atoms in total. The zero-order valence-corrected chi connectivity index (χ0v) is 12.4. The Labute approximate surface area is 128 Å². The number of fused-ring (bicyclic) bond motifs is 1. The van der Waals surface area contributed by atoms with Crippen LogP contribution in [0.5, 0.6) is 0 Å². The van der Waals surface area contributed by atoms with Gasteiger partial charge in [0.1, 0.15) is 5.82 Å². The average molecular weight is 291 g/mol. The van der Waals surface area contributed by atoms with Gasteiger partial charge in [-0.15, -0.1) is 0 Å². The Morgan fingerprint density at radius 3 is 2.59 bits per heavy atom. The first-order valence-electron chi connectivity index (χ1n) is 7.51. The number of aromatic amines is 1. The van der Waals surface area contributed by atoms with Crippen molar-refractivity contribution in [3.05, 3.63) is 65.5 Å². The summed E-state index contributed by atoms with van der Waals surface area (Å²) in [6.45, 7) is 3.48. The Hall–Kier alpha value is -2.62. The van der Waals surface area contributed by atoms with Crippen LogP contribution in [0.15, 0.2) is 48.5 Å². The van der Waals surface area contributed by atoms with Crippen molar-refractivity contribution in [1.29, 1.82) is 0 Å². The molecule has 1 fully saturated rings. The maximum absolute atomic E-state index is 12.4. The lowest BCUT2D eigenvalue weighted by atomic mass is 9.98. The summed E-state index contributed by atoms with van der Waals surface area (Å²) >= 11 is 0. The number of para-hydroxylation sites is 2. The number of imidazole rings is 1. The number of nitrogens with zero attached hydrogens (tertiary/aromatic N) is 2. The highest BCUT2D eigenvalue weighted by Gasteiger charge is 2.34. The topological polar surface area (TPSA) is 49.0 Å². The van der Waals surface area contributed by atoms with Crippen LogP contribution in [0.3, 0.4) is 0 Å². The molecular formula is C18H17N3O. The minimum absolute atomic E-state index is 0.104. The van der Waals surface area contributed by atoms with Gasteiger partial charge in [-0.3, -0.25) is 4.79 Å². The number of hydrogen-bond acceptors (Lipinski definition) is 2. The van der Waals surface area contributed by atoms with E-state index in [0.717, 1.165) is 35.5 Å². The van der Waals surface area contributed by atoms with Crippen molar-refractivity contribution >= 4 is 16.9 Å². The standard InChI is InChI=1S/C18H17N3O/c1-12-6-8-13(9-7-12)18(22)21-10-14(11-21)17-19-15-4-2-3-5-16(15)20-17/h2-9,14H,10-11H2,1H3,(H,19,20). The van der Waals surface area contributed by atoms with Crippen LogP contribution in [-0.4, -0.2) is 33.9 Å². The van der Waals surface area contributed by atoms with Crippen LogP contribution in [0.2, 0.25) is 0 Å². The number of H-pyrrole nitrogens is 1. The molecule has 0 radical (unpaired) electrons. The fourth-order valence-electron chi connectivity index (χ4n) is 2.86. The molecule has 0 aliphatic carbocycles. The molecule has 2 heterocycles. The number of aromatic nitrogens is 2. The van der Waals surface area contributed by atoms with Crippen LogP contribution in [0, 0.1) is 6.92 Å². The first-order valence-corrected chi connectivity index (χ1v) is 7.51. The number of hydrogen-bond donors (Lipinski definition) is 1. The van der Waals surface area contributed by atoms with Crippen LogP contribution < -0.4 is 0 Å². The summed E-state index contributed by atoms with van der Waals surface area (Å²) in [6, 6.07) is 15.8. The highest BCUT2D eigenvalue weighted by molar-refractivity contribution is 5.94. The number of carbonyl (C=O) groups is 1. The highest BCUT2D eigenvalue weighted by atomic mass is 16.2. The third-order valence-corrected chi connectivity index (χ3v) is 4.26. The van der Waals surface area contributed by atoms with Crippen LogP contribution in [-0.2, 0) is 0 Å². The predicted molar refractivity (Wildman–Crippen MR) is 85.9 cm³/mol. The molecule has 3 aromatic rings. The van der Waals surface area contributed by atoms with Gasteiger partial charge < -0.3 is 9.88 Å². The van der Waals surface area contributed by atoms with Gasteiger partial charge in [-0.2, -0.15) is 0 Å². The van der Waals surface area contributed by atoms with Gasteiger partial charge in [-0.1, -0.05) is 29.8 Å². The summed E-state index contributed by atoms with van der Waals surface area (Å²) in [5, 5.41) is 0. The molecule has 0 saturated carbocycles. The van der Waals surface area contributed by atoms with Gasteiger partial charge in [0.25, 0.3) is 5.91 Å². The molecule has 0 bridgehead atoms. The summed E-state index contributed by atoms with van der Waals surface area (Å²) in [6.07, 6.45) is 0. The van der Waals surface area contributed by atoms with E-state index in [1.54, 1.807) is 0 Å². The number of amides is 1. The first-order chi connectivity index (χ1) is 10.7. The van der Waals surface area contributed by atoms with Crippen LogP contribution in [0.25, 0.3) is 11.0 Å². The van der Waals surface area contributed by atoms with E-state index in [4.69, 9.17) is 0 Å². The SMILES string of the molecule is Cc1ccc(C(=O)N2CC(c3nc4ccccc4[nH]3)C2)cc1. The van der Waals surface area contributed by atoms with Crippen LogP contribution >= 0.6 is 0 Å². The van der Waals surface area contributed by atoms with E-state index in [-0.39, 0.29) is 5.91 Å². The zero-order valence-electron chi connectivity index (χ0n) is 12.4. The quantitative estimate of drug-likeness (QED) is 0.788. The van der Waals surface area contributed by atoms with Crippen molar-refractivity contribution < 1.29 is 4.79 Å². The largest absolute Gasteiger partial charge is 0.342 e.